The van der Waals surface area contributed by atoms with Gasteiger partial charge in [0.1, 0.15) is 12.6 Å². The van der Waals surface area contributed by atoms with Crippen molar-refractivity contribution in [2.24, 2.45) is 0 Å². The van der Waals surface area contributed by atoms with Gasteiger partial charge >= 0.3 is 5.97 Å². The van der Waals surface area contributed by atoms with Crippen LogP contribution in [0.1, 0.15) is 13.3 Å². The standard InChI is InChI=1S/C10H15NO4/c1-4-6-8(10(13)14-3)11-9(12)7-15-5-2/h1,8H,5-7H2,2-3H3,(H,11,12)/t8-/m0/s1. The van der Waals surface area contributed by atoms with Crippen molar-refractivity contribution in [3.8, 4) is 12.3 Å². The molecule has 0 unspecified atom stereocenters. The summed E-state index contributed by atoms with van der Waals surface area (Å²) in [5, 5.41) is 2.42. The van der Waals surface area contributed by atoms with Crippen LogP contribution in [-0.4, -0.2) is 38.2 Å². The van der Waals surface area contributed by atoms with Gasteiger partial charge in [-0.05, 0) is 6.92 Å². The molecule has 0 saturated heterocycles. The predicted octanol–water partition coefficient (Wildman–Crippen LogP) is -0.296. The number of carbonyl (C=O) groups excluding carboxylic acids is 2. The maximum Gasteiger partial charge on any atom is 0.329 e. The van der Waals surface area contributed by atoms with E-state index in [1.807, 2.05) is 0 Å². The number of esters is 1. The largest absolute Gasteiger partial charge is 0.467 e. The molecule has 84 valence electrons. The Hall–Kier alpha value is -1.54. The van der Waals surface area contributed by atoms with E-state index < -0.39 is 12.0 Å². The van der Waals surface area contributed by atoms with Gasteiger partial charge < -0.3 is 14.8 Å². The van der Waals surface area contributed by atoms with Gasteiger partial charge in [-0.25, -0.2) is 4.79 Å². The van der Waals surface area contributed by atoms with Gasteiger partial charge in [0.2, 0.25) is 5.91 Å². The Morgan fingerprint density at radius 2 is 2.20 bits per heavy atom. The molecule has 15 heavy (non-hydrogen) atoms. The first-order chi connectivity index (χ1) is 7.15. The van der Waals surface area contributed by atoms with Crippen LogP contribution >= 0.6 is 0 Å². The Morgan fingerprint density at radius 1 is 1.53 bits per heavy atom. The van der Waals surface area contributed by atoms with E-state index in [1.54, 1.807) is 6.92 Å². The van der Waals surface area contributed by atoms with E-state index in [2.05, 4.69) is 16.0 Å². The van der Waals surface area contributed by atoms with Gasteiger partial charge in [-0.15, -0.1) is 12.3 Å². The second-order valence-electron chi connectivity index (χ2n) is 2.69. The first-order valence-electron chi connectivity index (χ1n) is 4.54. The molecule has 0 fully saturated rings. The van der Waals surface area contributed by atoms with Crippen molar-refractivity contribution in [2.45, 2.75) is 19.4 Å². The molecule has 1 atom stereocenters. The summed E-state index contributed by atoms with van der Waals surface area (Å²) >= 11 is 0. The first-order valence-corrected chi connectivity index (χ1v) is 4.54. The fourth-order valence-corrected chi connectivity index (χ4v) is 0.884. The number of carbonyl (C=O) groups is 2. The molecule has 0 saturated carbocycles. The Kier molecular flexibility index (Phi) is 7.02. The van der Waals surface area contributed by atoms with Crippen molar-refractivity contribution in [3.63, 3.8) is 0 Å². The van der Waals surface area contributed by atoms with E-state index in [4.69, 9.17) is 11.2 Å². The molecule has 0 rings (SSSR count). The van der Waals surface area contributed by atoms with Crippen LogP contribution < -0.4 is 5.32 Å². The molecule has 0 aromatic rings. The maximum absolute atomic E-state index is 11.2. The average Bonchev–Trinajstić information content (AvgIpc) is 2.24. The van der Waals surface area contributed by atoms with E-state index in [9.17, 15) is 9.59 Å². The summed E-state index contributed by atoms with van der Waals surface area (Å²) in [5.74, 6) is 1.34. The predicted molar refractivity (Wildman–Crippen MR) is 53.9 cm³/mol. The lowest BCUT2D eigenvalue weighted by atomic mass is 10.2. The van der Waals surface area contributed by atoms with Gasteiger partial charge in [-0.3, -0.25) is 4.79 Å². The zero-order valence-electron chi connectivity index (χ0n) is 8.91. The smallest absolute Gasteiger partial charge is 0.329 e. The molecule has 1 N–H and O–H groups in total. The van der Waals surface area contributed by atoms with Crippen LogP contribution in [0.25, 0.3) is 0 Å². The number of methoxy groups -OCH3 is 1. The molecule has 0 aliphatic heterocycles. The molecule has 5 nitrogen and oxygen atoms in total. The third-order valence-corrected chi connectivity index (χ3v) is 1.58. The summed E-state index contributed by atoms with van der Waals surface area (Å²) in [4.78, 5) is 22.3. The van der Waals surface area contributed by atoms with Crippen molar-refractivity contribution in [1.82, 2.24) is 5.32 Å². The normalized spacial score (nSPS) is 11.3. The van der Waals surface area contributed by atoms with Crippen LogP contribution in [0.15, 0.2) is 0 Å². The number of rotatable bonds is 6. The fraction of sp³-hybridized carbons (Fsp3) is 0.600. The first kappa shape index (κ1) is 13.5. The van der Waals surface area contributed by atoms with Gasteiger partial charge in [0, 0.05) is 13.0 Å². The maximum atomic E-state index is 11.2. The number of hydrogen-bond acceptors (Lipinski definition) is 4. The molecular weight excluding hydrogens is 198 g/mol. The minimum absolute atomic E-state index is 0.0887. The highest BCUT2D eigenvalue weighted by Crippen LogP contribution is 1.93. The van der Waals surface area contributed by atoms with E-state index >= 15 is 0 Å². The highest BCUT2D eigenvalue weighted by Gasteiger charge is 2.19. The third kappa shape index (κ3) is 5.70. The topological polar surface area (TPSA) is 64.6 Å². The molecule has 0 radical (unpaired) electrons. The summed E-state index contributed by atoms with van der Waals surface area (Å²) in [6.07, 6.45) is 5.16. The molecule has 1 amide bonds. The Morgan fingerprint density at radius 3 is 2.67 bits per heavy atom. The van der Waals surface area contributed by atoms with Crippen LogP contribution in [0.5, 0.6) is 0 Å². The van der Waals surface area contributed by atoms with Crippen molar-refractivity contribution >= 4 is 11.9 Å². The second-order valence-corrected chi connectivity index (χ2v) is 2.69. The van der Waals surface area contributed by atoms with Gasteiger partial charge in [0.05, 0.1) is 7.11 Å². The van der Waals surface area contributed by atoms with Gasteiger partial charge in [0.25, 0.3) is 0 Å². The molecule has 0 bridgehead atoms. The SMILES string of the molecule is C#CC[C@H](NC(=O)COCC)C(=O)OC. The van der Waals surface area contributed by atoms with E-state index in [-0.39, 0.29) is 18.9 Å². The summed E-state index contributed by atoms with van der Waals surface area (Å²) < 4.78 is 9.35. The highest BCUT2D eigenvalue weighted by molar-refractivity contribution is 5.85. The van der Waals surface area contributed by atoms with E-state index in [0.29, 0.717) is 6.61 Å². The number of amides is 1. The van der Waals surface area contributed by atoms with Crippen molar-refractivity contribution in [1.29, 1.82) is 0 Å². The van der Waals surface area contributed by atoms with Crippen LogP contribution in [0.2, 0.25) is 0 Å². The van der Waals surface area contributed by atoms with Crippen LogP contribution in [0, 0.1) is 12.3 Å². The molecule has 0 aromatic carbocycles. The molecule has 0 aliphatic rings. The Labute approximate surface area is 89.1 Å². The molecule has 0 heterocycles. The lowest BCUT2D eigenvalue weighted by Gasteiger charge is -2.13. The minimum atomic E-state index is -0.798. The number of ether oxygens (including phenoxy) is 2. The lowest BCUT2D eigenvalue weighted by molar-refractivity contribution is -0.145. The van der Waals surface area contributed by atoms with E-state index in [0.717, 1.165) is 0 Å². The van der Waals surface area contributed by atoms with Crippen LogP contribution in [0.4, 0.5) is 0 Å². The van der Waals surface area contributed by atoms with Gasteiger partial charge in [-0.2, -0.15) is 0 Å². The number of nitrogens with one attached hydrogen (secondary N) is 1. The molecule has 0 aromatic heterocycles. The molecular formula is C10H15NO4. The lowest BCUT2D eigenvalue weighted by Crippen LogP contribution is -2.42. The minimum Gasteiger partial charge on any atom is -0.467 e. The average molecular weight is 213 g/mol. The number of terminal acetylenes is 1. The molecule has 5 heteroatoms. The summed E-state index contributed by atoms with van der Waals surface area (Å²) in [6.45, 7) is 2.12. The van der Waals surface area contributed by atoms with Gasteiger partial charge in [-0.1, -0.05) is 0 Å². The molecule has 0 spiro atoms. The fourth-order valence-electron chi connectivity index (χ4n) is 0.884. The monoisotopic (exact) mass is 213 g/mol. The second kappa shape index (κ2) is 7.83. The van der Waals surface area contributed by atoms with Crippen molar-refractivity contribution in [3.05, 3.63) is 0 Å². The number of hydrogen-bond donors (Lipinski definition) is 1. The van der Waals surface area contributed by atoms with Crippen molar-refractivity contribution < 1.29 is 19.1 Å². The Bertz CT molecular complexity index is 257. The Balaban J connectivity index is 4.11. The summed E-state index contributed by atoms with van der Waals surface area (Å²) in [7, 11) is 1.24. The van der Waals surface area contributed by atoms with E-state index in [1.165, 1.54) is 7.11 Å². The quantitative estimate of drug-likeness (QED) is 0.486. The van der Waals surface area contributed by atoms with Crippen molar-refractivity contribution in [2.75, 3.05) is 20.3 Å². The zero-order chi connectivity index (χ0) is 11.7. The zero-order valence-corrected chi connectivity index (χ0v) is 8.91. The molecule has 0 aliphatic carbocycles. The third-order valence-electron chi connectivity index (χ3n) is 1.58. The summed E-state index contributed by atoms with van der Waals surface area (Å²) in [5.41, 5.74) is 0. The van der Waals surface area contributed by atoms with Gasteiger partial charge in [0.15, 0.2) is 0 Å². The van der Waals surface area contributed by atoms with Crippen LogP contribution in [0.3, 0.4) is 0 Å². The van der Waals surface area contributed by atoms with Crippen LogP contribution in [-0.2, 0) is 19.1 Å². The summed E-state index contributed by atoms with van der Waals surface area (Å²) in [6, 6.07) is -0.798. The highest BCUT2D eigenvalue weighted by atomic mass is 16.5.